The summed E-state index contributed by atoms with van der Waals surface area (Å²) in [5.41, 5.74) is 4.48. The molecule has 0 bridgehead atoms. The van der Waals surface area contributed by atoms with Gasteiger partial charge in [-0.05, 0) is 35.7 Å². The minimum Gasteiger partial charge on any atom is -0.493 e. The van der Waals surface area contributed by atoms with E-state index >= 15 is 0 Å². The van der Waals surface area contributed by atoms with Crippen LogP contribution in [0.2, 0.25) is 15.1 Å². The van der Waals surface area contributed by atoms with E-state index in [1.165, 1.54) is 12.1 Å². The predicted octanol–water partition coefficient (Wildman–Crippen LogP) is 8.01. The number of hydrogen-bond donors (Lipinski definition) is 1. The summed E-state index contributed by atoms with van der Waals surface area (Å²) in [6.07, 6.45) is 2.52. The van der Waals surface area contributed by atoms with Gasteiger partial charge < -0.3 is 10.1 Å². The molecule has 0 radical (unpaired) electrons. The predicted molar refractivity (Wildman–Crippen MR) is 144 cm³/mol. The fourth-order valence-electron chi connectivity index (χ4n) is 4.59. The number of hydrogen-bond acceptors (Lipinski definition) is 3. The summed E-state index contributed by atoms with van der Waals surface area (Å²) in [6, 6.07) is 12.3. The summed E-state index contributed by atoms with van der Waals surface area (Å²) in [7, 11) is 0. The lowest BCUT2D eigenvalue weighted by atomic mass is 9.96. The second-order valence-corrected chi connectivity index (χ2v) is 10.3. The van der Waals surface area contributed by atoms with Gasteiger partial charge in [0.05, 0.1) is 45.1 Å². The molecule has 0 saturated heterocycles. The van der Waals surface area contributed by atoms with Crippen molar-refractivity contribution < 1.29 is 9.13 Å². The zero-order valence-electron chi connectivity index (χ0n) is 18.9. The Balaban J connectivity index is 1.60. The molecule has 1 aliphatic rings. The zero-order valence-corrected chi connectivity index (χ0v) is 22.0. The van der Waals surface area contributed by atoms with Gasteiger partial charge >= 0.3 is 0 Å². The molecule has 0 spiro atoms. The van der Waals surface area contributed by atoms with Gasteiger partial charge in [-0.1, -0.05) is 79.1 Å². The molecule has 1 aliphatic heterocycles. The van der Waals surface area contributed by atoms with E-state index in [-0.39, 0.29) is 22.0 Å². The van der Waals surface area contributed by atoms with Crippen molar-refractivity contribution in [3.63, 3.8) is 0 Å². The topological polar surface area (TPSA) is 38.6 Å². The molecule has 0 saturated carbocycles. The fraction of sp³-hybridized carbons (Fsp3) is 0.231. The highest BCUT2D eigenvalue weighted by molar-refractivity contribution is 7.80. The summed E-state index contributed by atoms with van der Waals surface area (Å²) in [4.78, 5) is 0.594. The number of halogens is 4. The van der Waals surface area contributed by atoms with Crippen molar-refractivity contribution in [3.05, 3.63) is 86.2 Å². The number of thiocarbonyl (C=S) groups is 1. The molecule has 180 valence electrons. The van der Waals surface area contributed by atoms with Crippen LogP contribution >= 0.6 is 47.0 Å². The van der Waals surface area contributed by atoms with E-state index in [1.807, 2.05) is 30.3 Å². The molecule has 0 unspecified atom stereocenters. The molecule has 5 rings (SSSR count). The average molecular weight is 549 g/mol. The van der Waals surface area contributed by atoms with Gasteiger partial charge in [-0.2, -0.15) is 5.10 Å². The Labute approximate surface area is 222 Å². The Morgan fingerprint density at radius 1 is 1.17 bits per heavy atom. The lowest BCUT2D eigenvalue weighted by Crippen LogP contribution is -2.32. The SMILES string of the molecule is CC(C)c1c(C(=S)N[C@H]2CCOc3ccccc32)cnn2c(-c3cc(F)cc(Cl)c3Cl)c(Cl)cc12. The Hall–Kier alpha value is -2.38. The molecule has 0 fully saturated rings. The fourth-order valence-corrected chi connectivity index (χ4v) is 5.59. The normalized spacial score (nSPS) is 15.2. The van der Waals surface area contributed by atoms with Crippen molar-refractivity contribution in [1.29, 1.82) is 0 Å². The highest BCUT2D eigenvalue weighted by atomic mass is 35.5. The largest absolute Gasteiger partial charge is 0.493 e. The quantitative estimate of drug-likeness (QED) is 0.207. The summed E-state index contributed by atoms with van der Waals surface area (Å²) in [6.45, 7) is 4.77. The van der Waals surface area contributed by atoms with Crippen molar-refractivity contribution in [2.45, 2.75) is 32.2 Å². The number of para-hydroxylation sites is 1. The van der Waals surface area contributed by atoms with E-state index in [9.17, 15) is 4.39 Å². The second kappa shape index (κ2) is 9.58. The Bertz CT molecular complexity index is 1470. The highest BCUT2D eigenvalue weighted by Gasteiger charge is 2.26. The molecule has 0 amide bonds. The lowest BCUT2D eigenvalue weighted by molar-refractivity contribution is 0.262. The van der Waals surface area contributed by atoms with Gasteiger partial charge in [-0.25, -0.2) is 8.91 Å². The zero-order chi connectivity index (χ0) is 24.9. The van der Waals surface area contributed by atoms with Crippen LogP contribution in [0.25, 0.3) is 16.8 Å². The first kappa shape index (κ1) is 24.3. The third kappa shape index (κ3) is 4.38. The third-order valence-electron chi connectivity index (χ3n) is 6.13. The van der Waals surface area contributed by atoms with Crippen LogP contribution in [-0.2, 0) is 0 Å². The number of benzene rings is 2. The molecule has 0 aliphatic carbocycles. The third-order valence-corrected chi connectivity index (χ3v) is 7.56. The van der Waals surface area contributed by atoms with Crippen LogP contribution in [0, 0.1) is 5.82 Å². The van der Waals surface area contributed by atoms with E-state index in [0.29, 0.717) is 27.9 Å². The smallest absolute Gasteiger partial charge is 0.125 e. The van der Waals surface area contributed by atoms with Crippen LogP contribution in [0.1, 0.15) is 48.9 Å². The molecule has 2 aromatic carbocycles. The molecule has 35 heavy (non-hydrogen) atoms. The van der Waals surface area contributed by atoms with Crippen LogP contribution in [0.4, 0.5) is 4.39 Å². The standard InChI is InChI=1S/C26H21Cl3FN3OS/c1-13(2)23-17(26(35)32-20-7-8-34-22-6-4-3-5-15(20)22)12-31-33-21(23)11-19(28)25(33)16-9-14(30)10-18(27)24(16)29/h3-6,9-13,20H,7-8H2,1-2H3,(H,32,35)/t20-/m0/s1. The minimum absolute atomic E-state index is 0.0304. The van der Waals surface area contributed by atoms with Gasteiger partial charge in [-0.15, -0.1) is 0 Å². The van der Waals surface area contributed by atoms with Gasteiger partial charge in [0.1, 0.15) is 16.6 Å². The maximum atomic E-state index is 14.2. The molecule has 1 atom stereocenters. The number of rotatable bonds is 4. The molecule has 9 heteroatoms. The van der Waals surface area contributed by atoms with E-state index in [4.69, 9.17) is 51.8 Å². The van der Waals surface area contributed by atoms with Crippen LogP contribution in [0.3, 0.4) is 0 Å². The number of aromatic nitrogens is 2. The van der Waals surface area contributed by atoms with Crippen molar-refractivity contribution in [2.75, 3.05) is 6.61 Å². The molecule has 3 heterocycles. The van der Waals surface area contributed by atoms with Crippen LogP contribution in [0.5, 0.6) is 5.75 Å². The van der Waals surface area contributed by atoms with E-state index in [2.05, 4.69) is 24.3 Å². The molecule has 2 aromatic heterocycles. The van der Waals surface area contributed by atoms with Gasteiger partial charge in [0.25, 0.3) is 0 Å². The Morgan fingerprint density at radius 3 is 2.71 bits per heavy atom. The van der Waals surface area contributed by atoms with Crippen LogP contribution < -0.4 is 10.1 Å². The maximum Gasteiger partial charge on any atom is 0.125 e. The summed E-state index contributed by atoms with van der Waals surface area (Å²) in [5.74, 6) is 0.455. The average Bonchev–Trinajstić information content (AvgIpc) is 3.16. The lowest BCUT2D eigenvalue weighted by Gasteiger charge is -2.28. The monoisotopic (exact) mass is 547 g/mol. The first-order valence-corrected chi connectivity index (χ1v) is 12.7. The van der Waals surface area contributed by atoms with Crippen molar-refractivity contribution in [2.24, 2.45) is 0 Å². The first-order chi connectivity index (χ1) is 16.8. The van der Waals surface area contributed by atoms with Crippen LogP contribution in [0.15, 0.2) is 48.7 Å². The van der Waals surface area contributed by atoms with E-state index in [1.54, 1.807) is 10.7 Å². The highest BCUT2D eigenvalue weighted by Crippen LogP contribution is 2.41. The van der Waals surface area contributed by atoms with Crippen molar-refractivity contribution in [3.8, 4) is 17.0 Å². The van der Waals surface area contributed by atoms with Gasteiger partial charge in [0.2, 0.25) is 0 Å². The molecular formula is C26H21Cl3FN3OS. The van der Waals surface area contributed by atoms with E-state index < -0.39 is 5.82 Å². The Morgan fingerprint density at radius 2 is 1.94 bits per heavy atom. The van der Waals surface area contributed by atoms with E-state index in [0.717, 1.165) is 34.4 Å². The molecule has 4 aromatic rings. The summed E-state index contributed by atoms with van der Waals surface area (Å²) in [5, 5.41) is 8.85. The summed E-state index contributed by atoms with van der Waals surface area (Å²) < 4.78 is 21.6. The molecule has 1 N–H and O–H groups in total. The summed E-state index contributed by atoms with van der Waals surface area (Å²) >= 11 is 25.1. The van der Waals surface area contributed by atoms with Crippen molar-refractivity contribution in [1.82, 2.24) is 14.9 Å². The van der Waals surface area contributed by atoms with Crippen LogP contribution in [-0.4, -0.2) is 21.2 Å². The second-order valence-electron chi connectivity index (χ2n) is 8.71. The minimum atomic E-state index is -0.511. The Kier molecular flexibility index (Phi) is 6.66. The molecule has 4 nitrogen and oxygen atoms in total. The van der Waals surface area contributed by atoms with Crippen molar-refractivity contribution >= 4 is 57.5 Å². The van der Waals surface area contributed by atoms with Gasteiger partial charge in [0, 0.05) is 23.1 Å². The first-order valence-electron chi connectivity index (χ1n) is 11.1. The number of ether oxygens (including phenoxy) is 1. The molecular weight excluding hydrogens is 528 g/mol. The van der Waals surface area contributed by atoms with Gasteiger partial charge in [-0.3, -0.25) is 0 Å². The van der Waals surface area contributed by atoms with Gasteiger partial charge in [0.15, 0.2) is 0 Å². The number of nitrogens with zero attached hydrogens (tertiary/aromatic N) is 2. The number of fused-ring (bicyclic) bond motifs is 2. The number of nitrogens with one attached hydrogen (secondary N) is 1. The maximum absolute atomic E-state index is 14.2.